The summed E-state index contributed by atoms with van der Waals surface area (Å²) in [4.78, 5) is 88.5. The maximum Gasteiger partial charge on any atom is 1.00 e. The summed E-state index contributed by atoms with van der Waals surface area (Å²) in [6.07, 6.45) is 12.3. The van der Waals surface area contributed by atoms with Crippen LogP contribution in [0.3, 0.4) is 0 Å². The van der Waals surface area contributed by atoms with E-state index in [1.54, 1.807) is 141 Å². The number of hydrogen-bond acceptors (Lipinski definition) is 27. The van der Waals surface area contributed by atoms with E-state index in [0.717, 1.165) is 115 Å². The van der Waals surface area contributed by atoms with E-state index in [0.29, 0.717) is 116 Å². The van der Waals surface area contributed by atoms with Crippen molar-refractivity contribution in [3.8, 4) is 11.5 Å². The molecule has 2 aromatic heterocycles. The second-order valence-electron chi connectivity index (χ2n) is 30.6. The third-order valence-corrected chi connectivity index (χ3v) is 24.9. The van der Waals surface area contributed by atoms with Gasteiger partial charge in [0.15, 0.2) is 0 Å². The molecular formula is C82H137Br2KN15O16P5Si. The predicted molar refractivity (Wildman–Crippen MR) is 509 cm³/mol. The second kappa shape index (κ2) is 62.1. The molecule has 4 heterocycles. The van der Waals surface area contributed by atoms with Gasteiger partial charge in [0.25, 0.3) is 17.7 Å². The van der Waals surface area contributed by atoms with Crippen LogP contribution >= 0.6 is 67.4 Å². The Balaban J connectivity index is 0. The Labute approximate surface area is 784 Å². The molecule has 0 saturated carbocycles. The van der Waals surface area contributed by atoms with Crippen molar-refractivity contribution in [2.45, 2.75) is 132 Å². The van der Waals surface area contributed by atoms with Crippen LogP contribution < -0.4 is 111 Å². The zero-order valence-electron chi connectivity index (χ0n) is 75.5. The van der Waals surface area contributed by atoms with Gasteiger partial charge < -0.3 is 95.7 Å². The van der Waals surface area contributed by atoms with E-state index in [9.17, 15) is 56.7 Å². The molecule has 0 radical (unpaired) electrons. The van der Waals surface area contributed by atoms with Crippen LogP contribution in [0.4, 0.5) is 23.5 Å². The maximum atomic E-state index is 12.7. The molecule has 0 fully saturated rings. The number of ether oxygens (including phenoxy) is 2. The van der Waals surface area contributed by atoms with Crippen LogP contribution in [0.1, 0.15) is 181 Å². The van der Waals surface area contributed by atoms with Crippen molar-refractivity contribution >= 4 is 133 Å². The van der Waals surface area contributed by atoms with Crippen molar-refractivity contribution in [3.63, 3.8) is 0 Å². The number of fused-ring (bicyclic) bond motifs is 2. The number of carbonyl (C=O) groups excluding carboxylic acids is 5. The molecule has 16 N–H and O–H groups in total. The number of aromatic carboxylic acids is 1. The fourth-order valence-corrected chi connectivity index (χ4v) is 16.9. The van der Waals surface area contributed by atoms with Crippen LogP contribution in [0.25, 0.3) is 5.32 Å². The SMILES string of the molecule is CCCCNc1nc(N)nc(C)c1Cc1cc(C(=O)NCCCP(C)(C)=O)ccc1OC.CCCCNc1nc(N)nc(C)c1Cc1cc(C(=O)O)ccc1OC.CCOP(=O)(CCCN1C(=O)c2ccccc2C1=O)OCC.CP(C)(=O)CCCBr.CP(C)(=O)CCCN.CP(C)(=O)CCCN.C[Si](C)(C)Br.NN.O=C1[N-]C(=O)c2ccccc21.[K+]. The van der Waals surface area contributed by atoms with Crippen LogP contribution in [0.15, 0.2) is 84.9 Å². The molecule has 0 saturated heterocycles. The molecule has 4 aromatic carbocycles. The van der Waals surface area contributed by atoms with E-state index in [4.69, 9.17) is 41.5 Å². The van der Waals surface area contributed by atoms with Crippen molar-refractivity contribution in [3.05, 3.63) is 157 Å². The molecular weight excluding hydrogens is 1830 g/mol. The zero-order chi connectivity index (χ0) is 92.5. The number of unbranched alkanes of at least 4 members (excludes halogenated alkanes) is 2. The number of amides is 5. The van der Waals surface area contributed by atoms with Gasteiger partial charge in [0.2, 0.25) is 11.9 Å². The quantitative estimate of drug-likeness (QED) is 0.00253. The van der Waals surface area contributed by atoms with Crippen molar-refractivity contribution in [1.29, 1.82) is 0 Å². The van der Waals surface area contributed by atoms with Crippen LogP contribution in [0.2, 0.25) is 19.6 Å². The smallest absolute Gasteiger partial charge is 0.587 e. The van der Waals surface area contributed by atoms with E-state index in [2.05, 4.69) is 118 Å². The monoisotopic (exact) mass is 1970 g/mol. The molecule has 0 bridgehead atoms. The molecule has 2 aliphatic rings. The standard InChI is InChI=1S/C23H36N5O3P.C18H24N4O3.C15H20NO5P.C8H5NO2.C5H12BrOP.2C5H14NOP.C3H9BrSi.K.H4N2/c1-6-7-11-25-21-19(16(2)27-23(24)28-21)15-18-14-17(9-10-20(18)31-3)22(29)26-12-8-13-32(4,5)30;1-4-5-8-20-16-14(11(2)21-18(19)22-16)10-13-9-12(17(23)24)6-7-15(13)25-3;1-3-20-22(19,21-4-2)11-7-10-16-14(17)12-8-5-6-9-13(12)15(16)18;10-7-5-3-1-2-4-6(5)8(11)9-7;3*1-8(2,7)5-3-4-6;1-5(2,3)4;;1-2/h9-10,14H,6-8,11-13,15H2,1-5H3,(H,26,29)(H3,24,25,27,28);6-7,9H,4-5,8,10H2,1-3H3,(H,23,24)(H3,19,20,21,22);5-6,8-9H,3-4,7,10-11H2,1-2H3;1-4H,(H,9,10,11);3-5H2,1-2H3;2*3-6H2,1-2H3;1-3H3;;1-2H2/q;;;;;;;;+1;/p-1. The Morgan fingerprint density at radius 1 is 0.533 bits per heavy atom. The van der Waals surface area contributed by atoms with Gasteiger partial charge in [0.05, 0.1) is 90.7 Å². The second-order valence-corrected chi connectivity index (χ2v) is 59.2. The first kappa shape index (κ1) is 119. The zero-order valence-corrected chi connectivity index (χ0v) is 87.2. The first-order valence-corrected chi connectivity index (χ1v) is 59.8. The number of nitrogens with one attached hydrogen (secondary N) is 3. The fourth-order valence-electron chi connectivity index (χ4n) is 10.8. The Bertz CT molecular complexity index is 4330. The number of aromatic nitrogens is 4. The van der Waals surface area contributed by atoms with Crippen molar-refractivity contribution in [1.82, 2.24) is 30.2 Å². The number of hydrogen-bond donors (Lipinski definition) is 10. The summed E-state index contributed by atoms with van der Waals surface area (Å²) in [5.74, 6) is 8.56. The third-order valence-electron chi connectivity index (χ3n) is 16.6. The number of halogens is 2. The van der Waals surface area contributed by atoms with E-state index in [-0.39, 0.29) is 99.3 Å². The number of imide groups is 2. The van der Waals surface area contributed by atoms with Gasteiger partial charge in [-0.25, -0.2) is 14.8 Å². The van der Waals surface area contributed by atoms with Gasteiger partial charge in [0.1, 0.15) is 29.8 Å². The number of carbonyl (C=O) groups is 6. The van der Waals surface area contributed by atoms with Crippen molar-refractivity contribution in [2.24, 2.45) is 23.2 Å². The minimum atomic E-state index is -3.14. The molecule has 2 aliphatic heterocycles. The first-order valence-electron chi connectivity index (χ1n) is 40.1. The number of rotatable bonds is 37. The van der Waals surface area contributed by atoms with Gasteiger partial charge in [-0.2, -0.15) is 9.97 Å². The van der Waals surface area contributed by atoms with E-state index < -0.39 is 60.6 Å². The minimum Gasteiger partial charge on any atom is -0.587 e. The Morgan fingerprint density at radius 2 is 0.893 bits per heavy atom. The molecule has 0 spiro atoms. The number of methoxy groups -OCH3 is 2. The Morgan fingerprint density at radius 3 is 1.22 bits per heavy atom. The van der Waals surface area contributed by atoms with Gasteiger partial charge in [-0.05, 0) is 199 Å². The number of carboxylic acid groups (broad SMARTS) is 1. The molecule has 122 heavy (non-hydrogen) atoms. The normalized spacial score (nSPS) is 11.9. The molecule has 680 valence electrons. The molecule has 8 rings (SSSR count). The molecule has 0 aliphatic carbocycles. The van der Waals surface area contributed by atoms with Gasteiger partial charge in [-0.3, -0.25) is 35.5 Å². The van der Waals surface area contributed by atoms with Gasteiger partial charge >= 0.3 is 64.9 Å². The fraction of sp³-hybridized carbons (Fsp3) is 0.537. The minimum absolute atomic E-state index is 0. The Kier molecular flexibility index (Phi) is 60.4. The van der Waals surface area contributed by atoms with E-state index in [1.807, 2.05) is 33.2 Å². The molecule has 40 heteroatoms. The topological polar surface area (TPSA) is 506 Å². The first-order chi connectivity index (χ1) is 56.6. The summed E-state index contributed by atoms with van der Waals surface area (Å²) in [6.45, 7) is 36.0. The van der Waals surface area contributed by atoms with Crippen LogP contribution in [-0.2, 0) is 44.7 Å². The van der Waals surface area contributed by atoms with E-state index in [1.165, 1.54) is 11.0 Å². The van der Waals surface area contributed by atoms with Crippen LogP contribution in [0, 0.1) is 13.8 Å². The molecule has 5 amide bonds. The Hall–Kier alpha value is -5.22. The molecule has 31 nitrogen and oxygen atoms in total. The van der Waals surface area contributed by atoms with Gasteiger partial charge in [-0.15, -0.1) is 15.3 Å². The van der Waals surface area contributed by atoms with Crippen LogP contribution in [0.5, 0.6) is 11.5 Å². The maximum absolute atomic E-state index is 12.7. The summed E-state index contributed by atoms with van der Waals surface area (Å²) >= 11 is 6.79. The number of nitrogens with zero attached hydrogens (tertiary/aromatic N) is 6. The summed E-state index contributed by atoms with van der Waals surface area (Å²) in [5.41, 5.74) is 29.5. The summed E-state index contributed by atoms with van der Waals surface area (Å²) < 4.78 is 78.3. The van der Waals surface area contributed by atoms with Gasteiger partial charge in [-0.1, -0.05) is 98.7 Å². The summed E-state index contributed by atoms with van der Waals surface area (Å²) in [5, 5.41) is 23.1. The largest absolute Gasteiger partial charge is 1.00 e. The number of nitrogen functional groups attached to an aromatic ring is 2. The van der Waals surface area contributed by atoms with E-state index >= 15 is 0 Å². The average molecular weight is 1970 g/mol. The average Bonchev–Trinajstić information content (AvgIpc) is 1.61. The number of nitrogens with two attached hydrogens (primary N) is 6. The number of alkyl halides is 1. The number of benzene rings is 4. The summed E-state index contributed by atoms with van der Waals surface area (Å²) in [6, 6.07) is 23.6. The molecule has 0 atom stereocenters. The predicted octanol–water partition coefficient (Wildman–Crippen LogP) is 13.4. The number of carboxylic acids is 1. The number of anilines is 4. The number of aryl methyl sites for hydroxylation is 2. The number of hydrazine groups is 1. The van der Waals surface area contributed by atoms with Gasteiger partial charge in [0, 0.05) is 108 Å². The third kappa shape index (κ3) is 51.0. The molecule has 6 aromatic rings. The van der Waals surface area contributed by atoms with Crippen molar-refractivity contribution in [2.75, 3.05) is 178 Å². The summed E-state index contributed by atoms with van der Waals surface area (Å²) in [7, 11) is -7.28. The molecule has 0 unspecified atom stereocenters. The van der Waals surface area contributed by atoms with Crippen LogP contribution in [-0.4, -0.2) is 228 Å². The van der Waals surface area contributed by atoms with Crippen molar-refractivity contribution < 1.29 is 127 Å².